The van der Waals surface area contributed by atoms with Gasteiger partial charge in [-0.05, 0) is 6.92 Å². The molecule has 1 aromatic rings. The molecule has 1 aliphatic heterocycles. The number of ether oxygens (including phenoxy) is 2. The highest BCUT2D eigenvalue weighted by Crippen LogP contribution is 2.27. The second-order valence-electron chi connectivity index (χ2n) is 6.65. The minimum absolute atomic E-state index is 0.0940. The number of esters is 2. The Bertz CT molecular complexity index is 923. The summed E-state index contributed by atoms with van der Waals surface area (Å²) in [6.07, 6.45) is -0.993. The third kappa shape index (κ3) is 6.33. The number of likely N-dealkylation sites (N-methyl/N-ethyl adjacent to an activating group) is 1. The molecule has 1 fully saturated rings. The van der Waals surface area contributed by atoms with E-state index in [4.69, 9.17) is 14.8 Å². The second kappa shape index (κ2) is 11.8. The molecule has 33 heavy (non-hydrogen) atoms. The zero-order valence-corrected chi connectivity index (χ0v) is 20.4. The van der Waals surface area contributed by atoms with Crippen molar-refractivity contribution in [3.63, 3.8) is 0 Å². The highest BCUT2D eigenvalue weighted by Gasteiger charge is 2.58. The van der Waals surface area contributed by atoms with Gasteiger partial charge in [0, 0.05) is 12.4 Å². The third-order valence-corrected chi connectivity index (χ3v) is 7.44. The molecule has 3 N–H and O–H groups in total. The van der Waals surface area contributed by atoms with Crippen LogP contribution in [0.1, 0.15) is 19.0 Å². The van der Waals surface area contributed by atoms with Crippen molar-refractivity contribution in [3.8, 4) is 0 Å². The van der Waals surface area contributed by atoms with Gasteiger partial charge in [0.1, 0.15) is 5.69 Å². The van der Waals surface area contributed by atoms with Gasteiger partial charge in [0.2, 0.25) is 6.10 Å². The fourth-order valence-corrected chi connectivity index (χ4v) is 5.27. The van der Waals surface area contributed by atoms with Gasteiger partial charge in [-0.15, -0.1) is 11.3 Å². The van der Waals surface area contributed by atoms with E-state index in [-0.39, 0.29) is 28.9 Å². The zero-order valence-electron chi connectivity index (χ0n) is 18.7. The summed E-state index contributed by atoms with van der Waals surface area (Å²) in [4.78, 5) is 59.2. The van der Waals surface area contributed by atoms with Gasteiger partial charge in [-0.1, -0.05) is 5.16 Å². The monoisotopic (exact) mass is 504 g/mol. The predicted octanol–water partition coefficient (Wildman–Crippen LogP) is -0.967. The Kier molecular flexibility index (Phi) is 9.43. The average Bonchev–Trinajstić information content (AvgIpc) is 3.24. The van der Waals surface area contributed by atoms with Gasteiger partial charge in [-0.3, -0.25) is 19.3 Å². The topological polar surface area (TPSA) is 172 Å². The van der Waals surface area contributed by atoms with Crippen LogP contribution < -0.4 is 11.1 Å². The minimum atomic E-state index is -1.09. The number of amides is 2. The lowest BCUT2D eigenvalue weighted by atomic mass is 10.1. The predicted molar refractivity (Wildman–Crippen MR) is 120 cm³/mol. The molecule has 2 heterocycles. The Morgan fingerprint density at radius 1 is 1.33 bits per heavy atom. The van der Waals surface area contributed by atoms with Crippen LogP contribution in [0.25, 0.3) is 0 Å². The summed E-state index contributed by atoms with van der Waals surface area (Å²) >= 11 is 0.219. The largest absolute Gasteiger partial charge is 0.469 e. The molecule has 13 nitrogen and oxygen atoms in total. The van der Waals surface area contributed by atoms with E-state index in [1.807, 2.05) is 0 Å². The highest BCUT2D eigenvalue weighted by atomic mass is 32.2. The van der Waals surface area contributed by atoms with Crippen molar-refractivity contribution in [1.29, 1.82) is 0 Å². The van der Waals surface area contributed by atoms with Gasteiger partial charge < -0.3 is 25.4 Å². The Labute approximate surface area is 197 Å². The quantitative estimate of drug-likeness (QED) is 0.126. The second-order valence-corrected chi connectivity index (χ2v) is 9.53. The molecule has 0 saturated carbocycles. The molecule has 0 aromatic carbocycles. The van der Waals surface area contributed by atoms with Crippen molar-refractivity contribution in [2.45, 2.75) is 30.9 Å². The van der Waals surface area contributed by atoms with Crippen LogP contribution in [-0.4, -0.2) is 91.0 Å². The minimum Gasteiger partial charge on any atom is -0.469 e. The molecule has 0 radical (unpaired) electrons. The molecule has 1 aliphatic rings. The van der Waals surface area contributed by atoms with E-state index in [0.717, 1.165) is 11.3 Å². The molecule has 4 atom stereocenters. The summed E-state index contributed by atoms with van der Waals surface area (Å²) in [5, 5.41) is 7.55. The molecule has 1 aromatic heterocycles. The number of nitrogens with zero attached hydrogens (tertiary/aromatic N) is 3. The van der Waals surface area contributed by atoms with Gasteiger partial charge >= 0.3 is 11.9 Å². The Morgan fingerprint density at radius 2 is 2.03 bits per heavy atom. The van der Waals surface area contributed by atoms with Crippen LogP contribution in [0.15, 0.2) is 10.5 Å². The van der Waals surface area contributed by atoms with E-state index in [1.165, 1.54) is 38.5 Å². The standard InChI is InChI=1S/C18H25N5O8S2/c1-9(17(27)29-4)31-22-12(10-8-32-18(19)20-10)14(25)21-13-15(26)23(2)16(13)33(30-5)7-6-11(24)28-3/h8-9,13,16H,6-7H2,1-5H3,(H2-,19,20,21,25)/p+1/b22-12-. The van der Waals surface area contributed by atoms with Crippen LogP contribution in [0.3, 0.4) is 0 Å². The number of carbonyl (C=O) groups excluding carboxylic acids is 4. The van der Waals surface area contributed by atoms with Gasteiger partial charge in [-0.2, -0.15) is 4.18 Å². The van der Waals surface area contributed by atoms with E-state index < -0.39 is 46.5 Å². The molecule has 0 spiro atoms. The molecule has 4 unspecified atom stereocenters. The number of likely N-dealkylation sites (tertiary alicyclic amines) is 1. The lowest BCUT2D eigenvalue weighted by molar-refractivity contribution is -0.153. The maximum atomic E-state index is 13.0. The van der Waals surface area contributed by atoms with E-state index in [2.05, 4.69) is 24.9 Å². The number of methoxy groups -OCH3 is 2. The first kappa shape index (κ1) is 26.3. The molecular formula is C18H26N5O8S2+. The number of oxime groups is 1. The van der Waals surface area contributed by atoms with Crippen LogP contribution in [-0.2, 0) is 48.8 Å². The van der Waals surface area contributed by atoms with Crippen LogP contribution in [0.4, 0.5) is 5.13 Å². The van der Waals surface area contributed by atoms with Crippen molar-refractivity contribution >= 4 is 57.1 Å². The van der Waals surface area contributed by atoms with Crippen molar-refractivity contribution < 1.29 is 37.7 Å². The van der Waals surface area contributed by atoms with Crippen LogP contribution in [0.2, 0.25) is 0 Å². The molecule has 2 rings (SSSR count). The molecule has 0 bridgehead atoms. The van der Waals surface area contributed by atoms with Crippen LogP contribution in [0, 0.1) is 0 Å². The Morgan fingerprint density at radius 3 is 2.58 bits per heavy atom. The van der Waals surface area contributed by atoms with Gasteiger partial charge in [-0.25, -0.2) is 9.78 Å². The maximum absolute atomic E-state index is 13.0. The summed E-state index contributed by atoms with van der Waals surface area (Å²) in [7, 11) is 5.50. The fraction of sp³-hybridized carbons (Fsp3) is 0.556. The first-order valence-electron chi connectivity index (χ1n) is 9.56. The summed E-state index contributed by atoms with van der Waals surface area (Å²) in [6.45, 7) is 1.40. The summed E-state index contributed by atoms with van der Waals surface area (Å²) < 4.78 is 14.7. The third-order valence-electron chi connectivity index (χ3n) is 4.60. The maximum Gasteiger partial charge on any atom is 0.349 e. The number of β-lactam (4-membered cyclic amide) rings is 1. The molecule has 15 heteroatoms. The fourth-order valence-electron chi connectivity index (χ4n) is 2.81. The van der Waals surface area contributed by atoms with Crippen molar-refractivity contribution in [3.05, 3.63) is 11.1 Å². The van der Waals surface area contributed by atoms with Crippen molar-refractivity contribution in [2.24, 2.45) is 5.16 Å². The number of thiazole rings is 1. The molecule has 1 saturated heterocycles. The highest BCUT2D eigenvalue weighted by molar-refractivity contribution is 7.93. The number of anilines is 1. The number of nitrogens with two attached hydrogens (primary N) is 1. The molecular weight excluding hydrogens is 478 g/mol. The lowest BCUT2D eigenvalue weighted by Gasteiger charge is -2.41. The number of carbonyl (C=O) groups is 4. The summed E-state index contributed by atoms with van der Waals surface area (Å²) in [6, 6.07) is -0.928. The number of nitrogen functional groups attached to an aromatic ring is 1. The smallest absolute Gasteiger partial charge is 0.349 e. The Hall–Kier alpha value is -2.91. The van der Waals surface area contributed by atoms with Crippen LogP contribution in [0.5, 0.6) is 0 Å². The summed E-state index contributed by atoms with van der Waals surface area (Å²) in [5.41, 5.74) is 5.50. The average molecular weight is 505 g/mol. The van der Waals surface area contributed by atoms with E-state index >= 15 is 0 Å². The SMILES string of the molecule is COC(=O)CC[S+](OC)C1C(NC(=O)/C(=N\OC(C)C(=O)OC)c2csc(N)n2)C(=O)N1C. The van der Waals surface area contributed by atoms with Gasteiger partial charge in [0.15, 0.2) is 33.8 Å². The molecule has 0 aliphatic carbocycles. The normalized spacial score (nSPS) is 19.8. The first-order valence-corrected chi connectivity index (χ1v) is 11.8. The van der Waals surface area contributed by atoms with Gasteiger partial charge in [0.05, 0.1) is 27.8 Å². The number of hydrogen-bond donors (Lipinski definition) is 2. The Balaban J connectivity index is 2.21. The molecule has 182 valence electrons. The zero-order chi connectivity index (χ0) is 24.7. The number of aromatic nitrogens is 1. The molecule has 2 amide bonds. The van der Waals surface area contributed by atoms with Crippen molar-refractivity contribution in [1.82, 2.24) is 15.2 Å². The lowest BCUT2D eigenvalue weighted by Crippen LogP contribution is -2.72. The number of rotatable bonds is 11. The summed E-state index contributed by atoms with van der Waals surface area (Å²) in [5.74, 6) is -1.91. The number of hydrogen-bond acceptors (Lipinski definition) is 12. The first-order chi connectivity index (χ1) is 15.6. The van der Waals surface area contributed by atoms with E-state index in [9.17, 15) is 19.2 Å². The van der Waals surface area contributed by atoms with E-state index in [1.54, 1.807) is 7.05 Å². The van der Waals surface area contributed by atoms with Crippen LogP contribution >= 0.6 is 11.3 Å². The van der Waals surface area contributed by atoms with Crippen molar-refractivity contribution in [2.75, 3.05) is 39.9 Å². The van der Waals surface area contributed by atoms with E-state index in [0.29, 0.717) is 5.75 Å². The van der Waals surface area contributed by atoms with Gasteiger partial charge in [0.25, 0.3) is 17.2 Å². The number of nitrogens with one attached hydrogen (secondary N) is 1.